The molecule has 0 aliphatic rings. The standard InChI is InChI=1S/C36H25BrClN/c37-30-22-29(26-12-4-1-5-13-26)23-33(24-30)39(32-19-10-18-31(38)25-32)36-34(27-14-6-2-7-15-27)20-11-21-35(36)28-16-8-3-9-17-28/h1-25H. The molecule has 0 aliphatic carbocycles. The van der Waals surface area contributed by atoms with E-state index in [9.17, 15) is 0 Å². The van der Waals surface area contributed by atoms with Crippen molar-refractivity contribution < 1.29 is 0 Å². The summed E-state index contributed by atoms with van der Waals surface area (Å²) in [6.07, 6.45) is 0. The van der Waals surface area contributed by atoms with Gasteiger partial charge in [-0.1, -0.05) is 143 Å². The average Bonchev–Trinajstić information content (AvgIpc) is 2.98. The van der Waals surface area contributed by atoms with Crippen molar-refractivity contribution >= 4 is 44.6 Å². The van der Waals surface area contributed by atoms with Gasteiger partial charge in [0.1, 0.15) is 0 Å². The number of rotatable bonds is 6. The van der Waals surface area contributed by atoms with Crippen molar-refractivity contribution in [1.82, 2.24) is 0 Å². The molecule has 0 aromatic heterocycles. The van der Waals surface area contributed by atoms with Gasteiger partial charge in [0, 0.05) is 32.0 Å². The molecule has 0 saturated heterocycles. The quantitative estimate of drug-likeness (QED) is 0.188. The fourth-order valence-corrected chi connectivity index (χ4v) is 5.67. The van der Waals surface area contributed by atoms with E-state index in [0.29, 0.717) is 5.02 Å². The lowest BCUT2D eigenvalue weighted by molar-refractivity contribution is 1.28. The normalized spacial score (nSPS) is 10.8. The van der Waals surface area contributed by atoms with Gasteiger partial charge in [-0.25, -0.2) is 0 Å². The van der Waals surface area contributed by atoms with E-state index in [2.05, 4.69) is 148 Å². The zero-order valence-corrected chi connectivity index (χ0v) is 23.5. The smallest absolute Gasteiger partial charge is 0.0618 e. The molecule has 0 unspecified atom stereocenters. The van der Waals surface area contributed by atoms with Crippen molar-refractivity contribution in [2.24, 2.45) is 0 Å². The predicted molar refractivity (Wildman–Crippen MR) is 170 cm³/mol. The molecule has 3 heteroatoms. The highest BCUT2D eigenvalue weighted by Crippen LogP contribution is 2.47. The molecule has 6 aromatic carbocycles. The number of benzene rings is 6. The molecule has 0 aliphatic heterocycles. The lowest BCUT2D eigenvalue weighted by Crippen LogP contribution is -2.13. The Kier molecular flexibility index (Phi) is 7.31. The van der Waals surface area contributed by atoms with E-state index in [1.165, 1.54) is 0 Å². The second-order valence-corrected chi connectivity index (χ2v) is 10.7. The van der Waals surface area contributed by atoms with Gasteiger partial charge in [-0.3, -0.25) is 0 Å². The van der Waals surface area contributed by atoms with Crippen LogP contribution in [-0.4, -0.2) is 0 Å². The molecule has 0 radical (unpaired) electrons. The molecule has 6 rings (SSSR count). The third kappa shape index (κ3) is 5.40. The molecule has 0 atom stereocenters. The van der Waals surface area contributed by atoms with Crippen molar-refractivity contribution in [3.05, 3.63) is 161 Å². The van der Waals surface area contributed by atoms with Crippen molar-refractivity contribution in [3.8, 4) is 33.4 Å². The first-order valence-electron chi connectivity index (χ1n) is 12.8. The molecular formula is C36H25BrClN. The van der Waals surface area contributed by atoms with E-state index in [-0.39, 0.29) is 0 Å². The van der Waals surface area contributed by atoms with Crippen LogP contribution >= 0.6 is 27.5 Å². The number of anilines is 3. The third-order valence-electron chi connectivity index (χ3n) is 6.74. The highest BCUT2D eigenvalue weighted by Gasteiger charge is 2.22. The van der Waals surface area contributed by atoms with Crippen molar-refractivity contribution in [2.75, 3.05) is 4.90 Å². The van der Waals surface area contributed by atoms with Gasteiger partial charge in [-0.15, -0.1) is 0 Å². The first-order chi connectivity index (χ1) is 19.2. The SMILES string of the molecule is Clc1cccc(N(c2cc(Br)cc(-c3ccccc3)c2)c2c(-c3ccccc3)cccc2-c2ccccc2)c1. The monoisotopic (exact) mass is 585 g/mol. The highest BCUT2D eigenvalue weighted by atomic mass is 79.9. The number of nitrogens with zero attached hydrogens (tertiary/aromatic N) is 1. The van der Waals surface area contributed by atoms with Crippen LogP contribution in [0.2, 0.25) is 5.02 Å². The number of para-hydroxylation sites is 1. The van der Waals surface area contributed by atoms with Crippen LogP contribution in [0.25, 0.3) is 33.4 Å². The van der Waals surface area contributed by atoms with Gasteiger partial charge in [0.25, 0.3) is 0 Å². The Morgan fingerprint density at radius 1 is 0.436 bits per heavy atom. The average molecular weight is 587 g/mol. The second-order valence-electron chi connectivity index (χ2n) is 9.31. The lowest BCUT2D eigenvalue weighted by atomic mass is 9.94. The van der Waals surface area contributed by atoms with E-state index in [0.717, 1.165) is 54.9 Å². The second kappa shape index (κ2) is 11.3. The van der Waals surface area contributed by atoms with Crippen molar-refractivity contribution in [2.45, 2.75) is 0 Å². The molecule has 188 valence electrons. The Hall–Kier alpha value is -4.11. The van der Waals surface area contributed by atoms with Crippen molar-refractivity contribution in [3.63, 3.8) is 0 Å². The molecule has 0 bridgehead atoms. The van der Waals surface area contributed by atoms with Gasteiger partial charge in [0.2, 0.25) is 0 Å². The fraction of sp³-hybridized carbons (Fsp3) is 0. The molecule has 0 heterocycles. The first kappa shape index (κ1) is 25.2. The van der Waals surface area contributed by atoms with E-state index in [1.807, 2.05) is 24.3 Å². The predicted octanol–water partition coefficient (Wildman–Crippen LogP) is 11.6. The zero-order chi connectivity index (χ0) is 26.6. The summed E-state index contributed by atoms with van der Waals surface area (Å²) in [6.45, 7) is 0. The Morgan fingerprint density at radius 3 is 1.54 bits per heavy atom. The minimum Gasteiger partial charge on any atom is -0.309 e. The van der Waals surface area contributed by atoms with Crippen LogP contribution in [0, 0.1) is 0 Å². The Bertz CT molecular complexity index is 1660. The van der Waals surface area contributed by atoms with Gasteiger partial charge >= 0.3 is 0 Å². The third-order valence-corrected chi connectivity index (χ3v) is 7.44. The van der Waals surface area contributed by atoms with Gasteiger partial charge in [0.15, 0.2) is 0 Å². The summed E-state index contributed by atoms with van der Waals surface area (Å²) in [5.74, 6) is 0. The van der Waals surface area contributed by atoms with Crippen molar-refractivity contribution in [1.29, 1.82) is 0 Å². The highest BCUT2D eigenvalue weighted by molar-refractivity contribution is 9.10. The van der Waals surface area contributed by atoms with Crippen LogP contribution in [0.5, 0.6) is 0 Å². The van der Waals surface area contributed by atoms with Crippen LogP contribution in [0.15, 0.2) is 156 Å². The summed E-state index contributed by atoms with van der Waals surface area (Å²) in [6, 6.07) is 52.8. The molecular weight excluding hydrogens is 562 g/mol. The maximum atomic E-state index is 6.60. The summed E-state index contributed by atoms with van der Waals surface area (Å²) >= 11 is 10.4. The number of hydrogen-bond donors (Lipinski definition) is 0. The Labute approximate surface area is 243 Å². The first-order valence-corrected chi connectivity index (χ1v) is 14.0. The van der Waals surface area contributed by atoms with Crippen LogP contribution in [-0.2, 0) is 0 Å². The Morgan fingerprint density at radius 2 is 0.974 bits per heavy atom. The van der Waals surface area contributed by atoms with E-state index < -0.39 is 0 Å². The summed E-state index contributed by atoms with van der Waals surface area (Å²) in [5.41, 5.74) is 9.97. The lowest BCUT2D eigenvalue weighted by Gasteiger charge is -2.31. The van der Waals surface area contributed by atoms with Crippen LogP contribution in [0.3, 0.4) is 0 Å². The number of hydrogen-bond acceptors (Lipinski definition) is 1. The molecule has 0 saturated carbocycles. The topological polar surface area (TPSA) is 3.24 Å². The maximum absolute atomic E-state index is 6.60. The summed E-state index contributed by atoms with van der Waals surface area (Å²) in [4.78, 5) is 2.33. The van der Waals surface area contributed by atoms with E-state index >= 15 is 0 Å². The Balaban J connectivity index is 1.69. The zero-order valence-electron chi connectivity index (χ0n) is 21.1. The fourth-order valence-electron chi connectivity index (χ4n) is 5.01. The molecule has 39 heavy (non-hydrogen) atoms. The minimum absolute atomic E-state index is 0.689. The largest absolute Gasteiger partial charge is 0.309 e. The van der Waals surface area contributed by atoms with Crippen LogP contribution < -0.4 is 4.90 Å². The summed E-state index contributed by atoms with van der Waals surface area (Å²) in [5, 5.41) is 0.689. The summed E-state index contributed by atoms with van der Waals surface area (Å²) < 4.78 is 1.00. The van der Waals surface area contributed by atoms with Gasteiger partial charge in [-0.2, -0.15) is 0 Å². The minimum atomic E-state index is 0.689. The molecule has 1 nitrogen and oxygen atoms in total. The maximum Gasteiger partial charge on any atom is 0.0618 e. The van der Waals surface area contributed by atoms with Gasteiger partial charge < -0.3 is 4.90 Å². The van der Waals surface area contributed by atoms with Gasteiger partial charge in [0.05, 0.1) is 5.69 Å². The molecule has 0 N–H and O–H groups in total. The van der Waals surface area contributed by atoms with E-state index in [1.54, 1.807) is 0 Å². The van der Waals surface area contributed by atoms with Crippen LogP contribution in [0.1, 0.15) is 0 Å². The number of halogens is 2. The summed E-state index contributed by atoms with van der Waals surface area (Å²) in [7, 11) is 0. The molecule has 0 spiro atoms. The van der Waals surface area contributed by atoms with E-state index in [4.69, 9.17) is 11.6 Å². The van der Waals surface area contributed by atoms with Crippen LogP contribution in [0.4, 0.5) is 17.1 Å². The molecule has 0 fully saturated rings. The molecule has 6 aromatic rings. The van der Waals surface area contributed by atoms with Gasteiger partial charge in [-0.05, 0) is 58.7 Å². The molecule has 0 amide bonds.